The van der Waals surface area contributed by atoms with Crippen LogP contribution in [-0.4, -0.2) is 85.5 Å². The van der Waals surface area contributed by atoms with E-state index < -0.39 is 12.1 Å². The summed E-state index contributed by atoms with van der Waals surface area (Å²) in [7, 11) is 5.65. The van der Waals surface area contributed by atoms with E-state index in [2.05, 4.69) is 50.2 Å². The number of hydroxylamine groups is 2. The molecule has 3 aliphatic carbocycles. The summed E-state index contributed by atoms with van der Waals surface area (Å²) in [5, 5.41) is 18.5. The van der Waals surface area contributed by atoms with Gasteiger partial charge in [0.2, 0.25) is 5.91 Å². The van der Waals surface area contributed by atoms with Gasteiger partial charge in [0.05, 0.1) is 20.3 Å². The molecule has 6 rings (SSSR count). The number of hydrogen-bond acceptors (Lipinski definition) is 7. The predicted octanol–water partition coefficient (Wildman–Crippen LogP) is 4.98. The summed E-state index contributed by atoms with van der Waals surface area (Å²) in [5.74, 6) is 2.26. The fourth-order valence-corrected chi connectivity index (χ4v) is 8.36. The second-order valence-electron chi connectivity index (χ2n) is 15.4. The number of carbonyl (C=O) groups is 2. The molecule has 258 valence electrons. The Balaban J connectivity index is 1.36. The van der Waals surface area contributed by atoms with Crippen LogP contribution in [0.5, 0.6) is 5.75 Å². The molecule has 47 heavy (non-hydrogen) atoms. The zero-order valence-corrected chi connectivity index (χ0v) is 29.7. The molecular formula is C38H56N4O5. The Hall–Kier alpha value is -2.98. The molecule has 2 aromatic rings. The van der Waals surface area contributed by atoms with Gasteiger partial charge in [-0.2, -0.15) is 5.06 Å². The maximum Gasteiger partial charge on any atom is 0.251 e. The minimum Gasteiger partial charge on any atom is -0.496 e. The lowest BCUT2D eigenvalue weighted by atomic mass is 9.45. The van der Waals surface area contributed by atoms with E-state index in [9.17, 15) is 14.7 Å². The van der Waals surface area contributed by atoms with E-state index in [1.807, 2.05) is 63.5 Å². The maximum atomic E-state index is 13.9. The van der Waals surface area contributed by atoms with Gasteiger partial charge in [0.15, 0.2) is 0 Å². The number of rotatable bonds is 12. The van der Waals surface area contributed by atoms with Crippen LogP contribution >= 0.6 is 0 Å². The van der Waals surface area contributed by atoms with Crippen molar-refractivity contribution in [2.24, 2.45) is 35.0 Å². The molecule has 2 amide bonds. The monoisotopic (exact) mass is 648 g/mol. The van der Waals surface area contributed by atoms with Gasteiger partial charge in [0.25, 0.3) is 5.91 Å². The second kappa shape index (κ2) is 14.2. The number of methoxy groups -OCH3 is 1. The summed E-state index contributed by atoms with van der Waals surface area (Å²) in [6.07, 6.45) is 1.77. The summed E-state index contributed by atoms with van der Waals surface area (Å²) >= 11 is 0. The summed E-state index contributed by atoms with van der Waals surface area (Å²) < 4.78 is 5.99. The SMILES string of the molecule is COc1c(CN2O[C@@H](CO)[C@@H](C)[C@H]2C(=O)N[C@H]2C[C@H]3C[C@@H]([C@@H]2C)C3(C)C)cccc1-c1cccc(C(=O)N[C@@H](CN(C)C)C(C)C)c1. The van der Waals surface area contributed by atoms with Crippen molar-refractivity contribution in [1.29, 1.82) is 0 Å². The standard InChI is InChI=1S/C38H56N4O5/c1-22(2)32(20-41(7)8)40-36(44)26-13-10-12-25(16-26)29-15-11-14-27(35(29)46-9)19-42-34(24(4)33(21-43)47-42)37(45)39-31-18-28-17-30(23(31)3)38(28,5)6/h10-16,22-24,28,30-34,43H,17-21H2,1-9H3,(H,39,45)(H,40,44)/t23-,24+,28+,30-,31-,32-,33-,34-/m0/s1. The molecule has 2 bridgehead atoms. The molecule has 1 heterocycles. The fraction of sp³-hybridized carbons (Fsp3) is 0.632. The van der Waals surface area contributed by atoms with Crippen molar-refractivity contribution in [3.63, 3.8) is 0 Å². The minimum absolute atomic E-state index is 0.0219. The number of ether oxygens (including phenoxy) is 1. The van der Waals surface area contributed by atoms with Crippen molar-refractivity contribution in [2.45, 2.75) is 85.2 Å². The van der Waals surface area contributed by atoms with Crippen LogP contribution in [0.2, 0.25) is 0 Å². The molecule has 1 aliphatic heterocycles. The number of nitrogens with zero attached hydrogens (tertiary/aromatic N) is 2. The van der Waals surface area contributed by atoms with Gasteiger partial charge >= 0.3 is 0 Å². The number of fused-ring (bicyclic) bond motifs is 2. The van der Waals surface area contributed by atoms with Crippen LogP contribution in [0.4, 0.5) is 0 Å². The van der Waals surface area contributed by atoms with Gasteiger partial charge in [-0.05, 0) is 73.7 Å². The number of aliphatic hydroxyl groups excluding tert-OH is 1. The lowest BCUT2D eigenvalue weighted by Crippen LogP contribution is -2.62. The molecule has 4 fully saturated rings. The number of para-hydroxylation sites is 1. The van der Waals surface area contributed by atoms with Crippen molar-refractivity contribution < 1.29 is 24.3 Å². The van der Waals surface area contributed by atoms with Crippen LogP contribution in [0.3, 0.4) is 0 Å². The first-order valence-corrected chi connectivity index (χ1v) is 17.3. The minimum atomic E-state index is -0.554. The number of aliphatic hydroxyl groups is 1. The van der Waals surface area contributed by atoms with Crippen molar-refractivity contribution in [2.75, 3.05) is 34.4 Å². The van der Waals surface area contributed by atoms with Crippen LogP contribution in [0.25, 0.3) is 11.1 Å². The normalized spacial score (nSPS) is 29.0. The molecular weight excluding hydrogens is 592 g/mol. The van der Waals surface area contributed by atoms with E-state index >= 15 is 0 Å². The molecule has 4 aliphatic rings. The molecule has 0 spiro atoms. The highest BCUT2D eigenvalue weighted by atomic mass is 16.7. The van der Waals surface area contributed by atoms with Gasteiger partial charge < -0.3 is 25.4 Å². The largest absolute Gasteiger partial charge is 0.496 e. The number of carbonyl (C=O) groups excluding carboxylic acids is 2. The summed E-state index contributed by atoms with van der Waals surface area (Å²) in [5.41, 5.74) is 3.47. The zero-order chi connectivity index (χ0) is 34.2. The number of benzene rings is 2. The number of amides is 2. The zero-order valence-electron chi connectivity index (χ0n) is 29.7. The van der Waals surface area contributed by atoms with E-state index in [0.717, 1.165) is 29.7 Å². The topological polar surface area (TPSA) is 103 Å². The van der Waals surface area contributed by atoms with Crippen LogP contribution in [0.15, 0.2) is 42.5 Å². The smallest absolute Gasteiger partial charge is 0.251 e. The van der Waals surface area contributed by atoms with Crippen LogP contribution < -0.4 is 15.4 Å². The Bertz CT molecular complexity index is 1430. The molecule has 0 unspecified atom stereocenters. The summed E-state index contributed by atoms with van der Waals surface area (Å²) in [4.78, 5) is 35.6. The fourth-order valence-electron chi connectivity index (χ4n) is 8.36. The van der Waals surface area contributed by atoms with E-state index in [-0.39, 0.29) is 42.3 Å². The van der Waals surface area contributed by atoms with E-state index in [1.54, 1.807) is 12.2 Å². The molecule has 1 saturated heterocycles. The van der Waals surface area contributed by atoms with Crippen molar-refractivity contribution in [3.05, 3.63) is 53.6 Å². The van der Waals surface area contributed by atoms with Crippen molar-refractivity contribution in [1.82, 2.24) is 20.6 Å². The quantitative estimate of drug-likeness (QED) is 0.299. The molecule has 0 radical (unpaired) electrons. The highest BCUT2D eigenvalue weighted by Crippen LogP contribution is 2.61. The Morgan fingerprint density at radius 3 is 2.45 bits per heavy atom. The Morgan fingerprint density at radius 1 is 1.11 bits per heavy atom. The van der Waals surface area contributed by atoms with Gasteiger partial charge in [-0.25, -0.2) is 0 Å². The molecule has 8 atom stereocenters. The van der Waals surface area contributed by atoms with E-state index in [0.29, 0.717) is 41.0 Å². The Kier molecular flexibility index (Phi) is 10.7. The summed E-state index contributed by atoms with van der Waals surface area (Å²) in [6.45, 7) is 14.1. The van der Waals surface area contributed by atoms with Crippen LogP contribution in [0.1, 0.15) is 70.3 Å². The molecule has 3 saturated carbocycles. The van der Waals surface area contributed by atoms with Crippen molar-refractivity contribution in [3.8, 4) is 16.9 Å². The number of nitrogens with one attached hydrogen (secondary N) is 2. The molecule has 3 N–H and O–H groups in total. The average Bonchev–Trinajstić information content (AvgIpc) is 3.35. The molecule has 9 nitrogen and oxygen atoms in total. The maximum absolute atomic E-state index is 13.9. The van der Waals surface area contributed by atoms with E-state index in [4.69, 9.17) is 9.57 Å². The highest BCUT2D eigenvalue weighted by Gasteiger charge is 2.57. The van der Waals surface area contributed by atoms with Gasteiger partial charge in [-0.1, -0.05) is 71.9 Å². The third-order valence-electron chi connectivity index (χ3n) is 11.5. The van der Waals surface area contributed by atoms with Gasteiger partial charge in [0.1, 0.15) is 17.9 Å². The average molecular weight is 649 g/mol. The Morgan fingerprint density at radius 2 is 1.83 bits per heavy atom. The number of hydrogen-bond donors (Lipinski definition) is 3. The third kappa shape index (κ3) is 7.09. The van der Waals surface area contributed by atoms with Gasteiger partial charge in [-0.3, -0.25) is 14.4 Å². The lowest BCUT2D eigenvalue weighted by Gasteiger charge is -2.62. The lowest BCUT2D eigenvalue weighted by molar-refractivity contribution is -0.183. The molecule has 0 aromatic heterocycles. The first kappa shape index (κ1) is 35.3. The first-order valence-electron chi connectivity index (χ1n) is 17.3. The summed E-state index contributed by atoms with van der Waals surface area (Å²) in [6, 6.07) is 13.1. The Labute approximate surface area is 281 Å². The molecule has 2 aromatic carbocycles. The van der Waals surface area contributed by atoms with E-state index in [1.165, 1.54) is 6.42 Å². The van der Waals surface area contributed by atoms with Gasteiger partial charge in [0, 0.05) is 41.2 Å². The highest BCUT2D eigenvalue weighted by molar-refractivity contribution is 5.96. The predicted molar refractivity (Wildman–Crippen MR) is 185 cm³/mol. The second-order valence-corrected chi connectivity index (χ2v) is 15.4. The van der Waals surface area contributed by atoms with Crippen molar-refractivity contribution >= 4 is 11.8 Å². The third-order valence-corrected chi connectivity index (χ3v) is 11.5. The molecule has 9 heteroatoms. The van der Waals surface area contributed by atoms with Crippen LogP contribution in [0, 0.1) is 35.0 Å². The number of likely N-dealkylation sites (N-methyl/N-ethyl adjacent to an activating group) is 1. The van der Waals surface area contributed by atoms with Crippen LogP contribution in [-0.2, 0) is 16.2 Å². The van der Waals surface area contributed by atoms with Gasteiger partial charge in [-0.15, -0.1) is 0 Å². The first-order chi connectivity index (χ1) is 22.3.